The molecule has 0 bridgehead atoms. The average Bonchev–Trinajstić information content (AvgIpc) is 3.21. The molecule has 0 aliphatic rings. The molecule has 3 aromatic rings. The molecule has 9 nitrogen and oxygen atoms in total. The van der Waals surface area contributed by atoms with E-state index in [4.69, 9.17) is 9.47 Å². The molecule has 0 atom stereocenters. The number of benzene rings is 2. The first-order valence-corrected chi connectivity index (χ1v) is 9.72. The van der Waals surface area contributed by atoms with E-state index in [0.717, 1.165) is 11.4 Å². The maximum Gasteiger partial charge on any atom is 0.340 e. The Kier molecular flexibility index (Phi) is 6.80. The molecule has 3 rings (SSSR count). The molecule has 0 fully saturated rings. The number of nitrogens with one attached hydrogen (secondary N) is 1. The Morgan fingerprint density at radius 3 is 2.62 bits per heavy atom. The van der Waals surface area contributed by atoms with E-state index in [-0.39, 0.29) is 18.3 Å². The quantitative estimate of drug-likeness (QED) is 0.443. The van der Waals surface area contributed by atoms with Gasteiger partial charge in [-0.25, -0.2) is 4.79 Å². The van der Waals surface area contributed by atoms with Gasteiger partial charge in [0.2, 0.25) is 11.1 Å². The van der Waals surface area contributed by atoms with Gasteiger partial charge in [0.25, 0.3) is 0 Å². The molecule has 0 aliphatic carbocycles. The van der Waals surface area contributed by atoms with Gasteiger partial charge in [-0.15, -0.1) is 5.10 Å². The number of hydrogen-bond acceptors (Lipinski definition) is 8. The van der Waals surface area contributed by atoms with Crippen molar-refractivity contribution in [1.82, 2.24) is 20.2 Å². The van der Waals surface area contributed by atoms with Gasteiger partial charge in [-0.2, -0.15) is 4.68 Å². The molecule has 0 spiro atoms. The maximum atomic E-state index is 12.4. The lowest BCUT2D eigenvalue weighted by Crippen LogP contribution is -2.17. The number of ether oxygens (including phenoxy) is 2. The molecule has 29 heavy (non-hydrogen) atoms. The van der Waals surface area contributed by atoms with E-state index in [0.29, 0.717) is 16.4 Å². The van der Waals surface area contributed by atoms with Crippen molar-refractivity contribution in [3.8, 4) is 11.4 Å². The lowest BCUT2D eigenvalue weighted by atomic mass is 10.2. The second-order valence-electron chi connectivity index (χ2n) is 5.67. The number of thioether (sulfide) groups is 1. The zero-order valence-corrected chi connectivity index (χ0v) is 16.7. The van der Waals surface area contributed by atoms with Crippen LogP contribution in [0.1, 0.15) is 17.3 Å². The van der Waals surface area contributed by atoms with Crippen molar-refractivity contribution in [3.05, 3.63) is 54.1 Å². The number of hydrogen-bond donors (Lipinski definition) is 1. The summed E-state index contributed by atoms with van der Waals surface area (Å²) in [6.45, 7) is 1.98. The molecular formula is C19H19N5O4S. The summed E-state index contributed by atoms with van der Waals surface area (Å²) in [6, 6.07) is 13.9. The van der Waals surface area contributed by atoms with Gasteiger partial charge in [-0.05, 0) is 53.7 Å². The van der Waals surface area contributed by atoms with Crippen LogP contribution in [0.3, 0.4) is 0 Å². The summed E-state index contributed by atoms with van der Waals surface area (Å²) in [5.41, 5.74) is 1.44. The highest BCUT2D eigenvalue weighted by molar-refractivity contribution is 7.99. The topological polar surface area (TPSA) is 108 Å². The number of carbonyl (C=O) groups excluding carboxylic acids is 2. The Hall–Kier alpha value is -3.40. The zero-order valence-electron chi connectivity index (χ0n) is 15.9. The van der Waals surface area contributed by atoms with Crippen LogP contribution in [0.15, 0.2) is 53.7 Å². The number of amides is 1. The van der Waals surface area contributed by atoms with Crippen LogP contribution in [-0.4, -0.2) is 51.6 Å². The normalized spacial score (nSPS) is 10.4. The minimum atomic E-state index is -0.487. The Morgan fingerprint density at radius 2 is 1.90 bits per heavy atom. The fourth-order valence-electron chi connectivity index (χ4n) is 2.45. The minimum absolute atomic E-state index is 0.0632. The Bertz CT molecular complexity index is 990. The molecule has 0 aliphatic heterocycles. The van der Waals surface area contributed by atoms with E-state index in [1.54, 1.807) is 50.4 Å². The number of nitrogens with zero attached hydrogens (tertiary/aromatic N) is 4. The second-order valence-corrected chi connectivity index (χ2v) is 6.62. The van der Waals surface area contributed by atoms with Crippen molar-refractivity contribution in [2.75, 3.05) is 24.8 Å². The summed E-state index contributed by atoms with van der Waals surface area (Å²) in [4.78, 5) is 24.4. The van der Waals surface area contributed by atoms with Gasteiger partial charge in [-0.1, -0.05) is 23.9 Å². The summed E-state index contributed by atoms with van der Waals surface area (Å²) < 4.78 is 11.7. The first kappa shape index (κ1) is 20.3. The Morgan fingerprint density at radius 1 is 1.14 bits per heavy atom. The Labute approximate surface area is 171 Å². The molecule has 0 radical (unpaired) electrons. The number of aromatic nitrogens is 4. The molecule has 0 saturated heterocycles. The SMILES string of the molecule is CCOC(=O)c1ccccc1NC(=O)CSc1nnnn1-c1ccc(OC)cc1. The highest BCUT2D eigenvalue weighted by Gasteiger charge is 2.16. The van der Waals surface area contributed by atoms with Crippen LogP contribution < -0.4 is 10.1 Å². The van der Waals surface area contributed by atoms with Crippen LogP contribution in [0.5, 0.6) is 5.75 Å². The first-order valence-electron chi connectivity index (χ1n) is 8.74. The van der Waals surface area contributed by atoms with Gasteiger partial charge >= 0.3 is 5.97 Å². The van der Waals surface area contributed by atoms with Gasteiger partial charge in [0, 0.05) is 0 Å². The minimum Gasteiger partial charge on any atom is -0.497 e. The molecule has 10 heteroatoms. The van der Waals surface area contributed by atoms with E-state index >= 15 is 0 Å². The largest absolute Gasteiger partial charge is 0.497 e. The zero-order chi connectivity index (χ0) is 20.6. The lowest BCUT2D eigenvalue weighted by Gasteiger charge is -2.10. The smallest absolute Gasteiger partial charge is 0.340 e. The number of rotatable bonds is 8. The van der Waals surface area contributed by atoms with E-state index in [2.05, 4.69) is 20.8 Å². The fourth-order valence-corrected chi connectivity index (χ4v) is 3.14. The molecule has 0 unspecified atom stereocenters. The maximum absolute atomic E-state index is 12.4. The molecular weight excluding hydrogens is 394 g/mol. The van der Waals surface area contributed by atoms with E-state index in [9.17, 15) is 9.59 Å². The number of anilines is 1. The first-order chi connectivity index (χ1) is 14.1. The summed E-state index contributed by atoms with van der Waals surface area (Å²) in [5, 5.41) is 14.8. The summed E-state index contributed by atoms with van der Waals surface area (Å²) in [7, 11) is 1.59. The number of methoxy groups -OCH3 is 1. The molecule has 1 amide bonds. The van der Waals surface area contributed by atoms with Gasteiger partial charge in [0.15, 0.2) is 0 Å². The number of tetrazole rings is 1. The number of carbonyl (C=O) groups is 2. The average molecular weight is 413 g/mol. The predicted octanol–water partition coefficient (Wildman–Crippen LogP) is 2.58. The Balaban J connectivity index is 1.65. The van der Waals surface area contributed by atoms with Crippen molar-refractivity contribution in [3.63, 3.8) is 0 Å². The van der Waals surface area contributed by atoms with Gasteiger partial charge in [-0.3, -0.25) is 4.79 Å². The molecule has 0 saturated carbocycles. The number of esters is 1. The highest BCUT2D eigenvalue weighted by atomic mass is 32.2. The summed E-state index contributed by atoms with van der Waals surface area (Å²) in [6.07, 6.45) is 0. The molecule has 1 heterocycles. The van der Waals surface area contributed by atoms with Crippen LogP contribution in [0.2, 0.25) is 0 Å². The number of para-hydroxylation sites is 1. The van der Waals surface area contributed by atoms with Crippen LogP contribution in [0.4, 0.5) is 5.69 Å². The van der Waals surface area contributed by atoms with E-state index in [1.165, 1.54) is 16.4 Å². The fraction of sp³-hybridized carbons (Fsp3) is 0.211. The standard InChI is InChI=1S/C19H19N5O4S/c1-3-28-18(26)15-6-4-5-7-16(15)20-17(25)12-29-19-21-22-23-24(19)13-8-10-14(27-2)11-9-13/h4-11H,3,12H2,1-2H3,(H,20,25). The third kappa shape index (κ3) is 5.11. The molecule has 1 N–H and O–H groups in total. The van der Waals surface area contributed by atoms with E-state index in [1.807, 2.05) is 12.1 Å². The monoisotopic (exact) mass is 413 g/mol. The van der Waals surface area contributed by atoms with Gasteiger partial charge < -0.3 is 14.8 Å². The van der Waals surface area contributed by atoms with Crippen LogP contribution in [-0.2, 0) is 9.53 Å². The third-order valence-corrected chi connectivity index (χ3v) is 4.71. The van der Waals surface area contributed by atoms with Crippen LogP contribution >= 0.6 is 11.8 Å². The van der Waals surface area contributed by atoms with Crippen molar-refractivity contribution >= 4 is 29.3 Å². The van der Waals surface area contributed by atoms with Crippen molar-refractivity contribution in [2.45, 2.75) is 12.1 Å². The summed E-state index contributed by atoms with van der Waals surface area (Å²) in [5.74, 6) is -0.000520. The van der Waals surface area contributed by atoms with Crippen LogP contribution in [0.25, 0.3) is 5.69 Å². The van der Waals surface area contributed by atoms with Gasteiger partial charge in [0.1, 0.15) is 5.75 Å². The third-order valence-electron chi connectivity index (χ3n) is 3.79. The molecule has 1 aromatic heterocycles. The predicted molar refractivity (Wildman–Crippen MR) is 107 cm³/mol. The molecule has 150 valence electrons. The summed E-state index contributed by atoms with van der Waals surface area (Å²) >= 11 is 1.18. The van der Waals surface area contributed by atoms with Crippen molar-refractivity contribution < 1.29 is 19.1 Å². The van der Waals surface area contributed by atoms with Crippen molar-refractivity contribution in [2.24, 2.45) is 0 Å². The lowest BCUT2D eigenvalue weighted by molar-refractivity contribution is -0.113. The second kappa shape index (κ2) is 9.69. The van der Waals surface area contributed by atoms with E-state index < -0.39 is 5.97 Å². The highest BCUT2D eigenvalue weighted by Crippen LogP contribution is 2.21. The van der Waals surface area contributed by atoms with Gasteiger partial charge in [0.05, 0.1) is 36.4 Å². The molecule has 2 aromatic carbocycles. The van der Waals surface area contributed by atoms with Crippen molar-refractivity contribution in [1.29, 1.82) is 0 Å². The van der Waals surface area contributed by atoms with Crippen LogP contribution in [0, 0.1) is 0 Å².